The van der Waals surface area contributed by atoms with Crippen molar-refractivity contribution >= 4 is 17.6 Å². The monoisotopic (exact) mass is 187 g/mol. The molecule has 0 radical (unpaired) electrons. The summed E-state index contributed by atoms with van der Waals surface area (Å²) >= 11 is 1.37. The summed E-state index contributed by atoms with van der Waals surface area (Å²) in [6, 6.07) is 0. The van der Waals surface area contributed by atoms with Crippen molar-refractivity contribution in [2.75, 3.05) is 13.7 Å². The van der Waals surface area contributed by atoms with E-state index in [1.807, 2.05) is 19.2 Å². The average molecular weight is 187 g/mol. The van der Waals surface area contributed by atoms with Crippen LogP contribution in [0, 0.1) is 6.92 Å². The molecule has 12 heavy (non-hydrogen) atoms. The van der Waals surface area contributed by atoms with Crippen LogP contribution in [0.25, 0.3) is 0 Å². The molecule has 0 saturated carbocycles. The smallest absolute Gasteiger partial charge is 0.178 e. The summed E-state index contributed by atoms with van der Waals surface area (Å²) in [6.45, 7) is 4.64. The van der Waals surface area contributed by atoms with Crippen LogP contribution < -0.4 is 0 Å². The molecule has 0 unspecified atom stereocenters. The van der Waals surface area contributed by atoms with Gasteiger partial charge < -0.3 is 4.74 Å². The minimum absolute atomic E-state index is 0.558. The van der Waals surface area contributed by atoms with Crippen LogP contribution in [-0.4, -0.2) is 25.0 Å². The van der Waals surface area contributed by atoms with Crippen LogP contribution in [-0.2, 0) is 4.74 Å². The third-order valence-electron chi connectivity index (χ3n) is 1.03. The summed E-state index contributed by atoms with van der Waals surface area (Å²) in [7, 11) is 1.68. The number of ether oxygens (including phenoxy) is 1. The molecule has 0 aliphatic rings. The van der Waals surface area contributed by atoms with Crippen molar-refractivity contribution < 1.29 is 9.53 Å². The second-order valence-corrected chi connectivity index (χ2v) is 2.91. The number of hydrogen-bond donors (Lipinski definition) is 0. The zero-order valence-corrected chi connectivity index (χ0v) is 8.35. The van der Waals surface area contributed by atoms with Crippen LogP contribution >= 0.6 is 11.3 Å². The van der Waals surface area contributed by atoms with Gasteiger partial charge in [-0.15, -0.1) is 11.3 Å². The summed E-state index contributed by atoms with van der Waals surface area (Å²) in [5, 5.41) is 2.41. The Balaban J connectivity index is 0.000000261. The molecular weight excluding hydrogens is 174 g/mol. The lowest BCUT2D eigenvalue weighted by Gasteiger charge is -1.76. The Morgan fingerprint density at radius 3 is 2.50 bits per heavy atom. The number of nitrogens with zero attached hydrogens (tertiary/aromatic N) is 1. The van der Waals surface area contributed by atoms with Gasteiger partial charge >= 0.3 is 0 Å². The van der Waals surface area contributed by atoms with E-state index in [0.29, 0.717) is 5.01 Å². The molecule has 3 nitrogen and oxygen atoms in total. The highest BCUT2D eigenvalue weighted by Crippen LogP contribution is 2.04. The number of thiazole rings is 1. The molecule has 1 aromatic heterocycles. The first kappa shape index (κ1) is 11.3. The number of aromatic nitrogens is 1. The molecule has 0 N–H and O–H groups in total. The maximum atomic E-state index is 9.97. The molecule has 0 bridgehead atoms. The van der Waals surface area contributed by atoms with Crippen molar-refractivity contribution in [2.45, 2.75) is 13.8 Å². The van der Waals surface area contributed by atoms with E-state index in [1.165, 1.54) is 11.3 Å². The van der Waals surface area contributed by atoms with Gasteiger partial charge in [-0.05, 0) is 13.8 Å². The largest absolute Gasteiger partial charge is 0.385 e. The molecule has 0 atom stereocenters. The Labute approximate surface area is 76.4 Å². The lowest BCUT2D eigenvalue weighted by molar-refractivity contribution is 0.112. The van der Waals surface area contributed by atoms with Gasteiger partial charge in [0.15, 0.2) is 11.3 Å². The van der Waals surface area contributed by atoms with Gasteiger partial charge in [-0.3, -0.25) is 4.79 Å². The minimum Gasteiger partial charge on any atom is -0.385 e. The Bertz CT molecular complexity index is 221. The Morgan fingerprint density at radius 1 is 1.75 bits per heavy atom. The summed E-state index contributed by atoms with van der Waals surface area (Å²) < 4.78 is 4.54. The highest BCUT2D eigenvalue weighted by atomic mass is 32.1. The van der Waals surface area contributed by atoms with Gasteiger partial charge in [-0.25, -0.2) is 4.98 Å². The van der Waals surface area contributed by atoms with Gasteiger partial charge in [0, 0.05) is 24.8 Å². The molecule has 1 rings (SSSR count). The van der Waals surface area contributed by atoms with E-state index in [0.717, 1.165) is 18.6 Å². The normalized spacial score (nSPS) is 8.58. The number of hydrogen-bond acceptors (Lipinski definition) is 4. The van der Waals surface area contributed by atoms with Crippen LogP contribution in [0.15, 0.2) is 5.38 Å². The van der Waals surface area contributed by atoms with Gasteiger partial charge in [-0.1, -0.05) is 0 Å². The topological polar surface area (TPSA) is 39.2 Å². The van der Waals surface area contributed by atoms with E-state index >= 15 is 0 Å². The molecular formula is C8H13NO2S. The first-order valence-electron chi connectivity index (χ1n) is 3.60. The molecule has 0 fully saturated rings. The van der Waals surface area contributed by atoms with Crippen molar-refractivity contribution in [3.05, 3.63) is 16.1 Å². The predicted molar refractivity (Wildman–Crippen MR) is 49.8 cm³/mol. The van der Waals surface area contributed by atoms with E-state index in [9.17, 15) is 4.79 Å². The first-order valence-corrected chi connectivity index (χ1v) is 4.48. The number of methoxy groups -OCH3 is 1. The van der Waals surface area contributed by atoms with Gasteiger partial charge in [0.05, 0.1) is 0 Å². The van der Waals surface area contributed by atoms with Gasteiger partial charge in [0.25, 0.3) is 0 Å². The van der Waals surface area contributed by atoms with Crippen molar-refractivity contribution in [1.82, 2.24) is 4.98 Å². The van der Waals surface area contributed by atoms with Crippen molar-refractivity contribution in [1.29, 1.82) is 0 Å². The third-order valence-corrected chi connectivity index (χ3v) is 1.91. The van der Waals surface area contributed by atoms with Gasteiger partial charge in [0.2, 0.25) is 0 Å². The first-order chi connectivity index (χ1) is 5.74. The van der Waals surface area contributed by atoms with Gasteiger partial charge in [0.1, 0.15) is 0 Å². The Hall–Kier alpha value is -0.740. The van der Waals surface area contributed by atoms with Crippen LogP contribution in [0.5, 0.6) is 0 Å². The fourth-order valence-electron chi connectivity index (χ4n) is 0.426. The summed E-state index contributed by atoms with van der Waals surface area (Å²) in [4.78, 5) is 13.8. The molecule has 0 aliphatic heterocycles. The van der Waals surface area contributed by atoms with Crippen LogP contribution in [0.3, 0.4) is 0 Å². The van der Waals surface area contributed by atoms with Crippen molar-refractivity contribution in [2.24, 2.45) is 0 Å². The SMILES string of the molecule is CCOC.Cc1csc(C=O)n1. The van der Waals surface area contributed by atoms with Gasteiger partial charge in [-0.2, -0.15) is 0 Å². The standard InChI is InChI=1S/C5H5NOS.C3H8O/c1-4-3-8-5(2-7)6-4;1-3-4-2/h2-3H,1H3;3H2,1-2H3. The van der Waals surface area contributed by atoms with E-state index in [-0.39, 0.29) is 0 Å². The third kappa shape index (κ3) is 4.98. The van der Waals surface area contributed by atoms with E-state index in [1.54, 1.807) is 7.11 Å². The maximum absolute atomic E-state index is 9.97. The molecule has 1 aromatic rings. The predicted octanol–water partition coefficient (Wildman–Crippen LogP) is 1.92. The zero-order valence-electron chi connectivity index (χ0n) is 7.53. The second kappa shape index (κ2) is 6.94. The van der Waals surface area contributed by atoms with E-state index < -0.39 is 0 Å². The Kier molecular flexibility index (Phi) is 6.51. The van der Waals surface area contributed by atoms with E-state index in [2.05, 4.69) is 9.72 Å². The molecule has 0 amide bonds. The average Bonchev–Trinajstić information content (AvgIpc) is 2.52. The molecule has 0 spiro atoms. The summed E-state index contributed by atoms with van der Waals surface area (Å²) in [5.74, 6) is 0. The Morgan fingerprint density at radius 2 is 2.33 bits per heavy atom. The van der Waals surface area contributed by atoms with Crippen molar-refractivity contribution in [3.8, 4) is 0 Å². The molecule has 0 aromatic carbocycles. The van der Waals surface area contributed by atoms with Crippen molar-refractivity contribution in [3.63, 3.8) is 0 Å². The lowest BCUT2D eigenvalue weighted by atomic mass is 10.6. The van der Waals surface area contributed by atoms with E-state index in [4.69, 9.17) is 0 Å². The number of aryl methyl sites for hydroxylation is 1. The maximum Gasteiger partial charge on any atom is 0.178 e. The summed E-state index contributed by atoms with van der Waals surface area (Å²) in [6.07, 6.45) is 0.762. The number of carbonyl (C=O) groups is 1. The molecule has 0 aliphatic carbocycles. The molecule has 4 heteroatoms. The molecule has 68 valence electrons. The highest BCUT2D eigenvalue weighted by Gasteiger charge is 1.91. The molecule has 0 saturated heterocycles. The molecule has 1 heterocycles. The lowest BCUT2D eigenvalue weighted by Crippen LogP contribution is -1.74. The van der Waals surface area contributed by atoms with Crippen LogP contribution in [0.2, 0.25) is 0 Å². The van der Waals surface area contributed by atoms with Crippen LogP contribution in [0.4, 0.5) is 0 Å². The fraction of sp³-hybridized carbons (Fsp3) is 0.500. The summed E-state index contributed by atoms with van der Waals surface area (Å²) in [5.41, 5.74) is 0.914. The number of rotatable bonds is 2. The number of carbonyl (C=O) groups excluding carboxylic acids is 1. The fourth-order valence-corrected chi connectivity index (χ4v) is 1.02. The zero-order chi connectivity index (χ0) is 9.40. The minimum atomic E-state index is 0.558. The highest BCUT2D eigenvalue weighted by molar-refractivity contribution is 7.11. The second-order valence-electron chi connectivity index (χ2n) is 2.02. The quantitative estimate of drug-likeness (QED) is 0.664. The van der Waals surface area contributed by atoms with Crippen LogP contribution in [0.1, 0.15) is 22.4 Å². The number of aldehydes is 1.